The number of hydrogen-bond acceptors (Lipinski definition) is 3. The molecule has 0 saturated heterocycles. The SMILES string of the molecule is Cc1ccc(-c2cn3cccc(C(=O)O)c3n2)o1. The molecule has 3 rings (SSSR count). The summed E-state index contributed by atoms with van der Waals surface area (Å²) in [4.78, 5) is 15.4. The van der Waals surface area contributed by atoms with E-state index >= 15 is 0 Å². The largest absolute Gasteiger partial charge is 0.478 e. The van der Waals surface area contributed by atoms with Crippen molar-refractivity contribution in [1.82, 2.24) is 9.38 Å². The van der Waals surface area contributed by atoms with E-state index in [9.17, 15) is 4.79 Å². The standard InChI is InChI=1S/C13H10N2O3/c1-8-4-5-11(18-8)10-7-15-6-2-3-9(13(16)17)12(15)14-10/h2-7H,1H3,(H,16,17). The summed E-state index contributed by atoms with van der Waals surface area (Å²) >= 11 is 0. The molecule has 3 aromatic rings. The van der Waals surface area contributed by atoms with Gasteiger partial charge in [-0.25, -0.2) is 9.78 Å². The third-order valence-electron chi connectivity index (χ3n) is 2.71. The Morgan fingerprint density at radius 3 is 2.89 bits per heavy atom. The summed E-state index contributed by atoms with van der Waals surface area (Å²) in [5.74, 6) is 0.432. The van der Waals surface area contributed by atoms with Crippen LogP contribution in [-0.2, 0) is 0 Å². The average Bonchev–Trinajstić information content (AvgIpc) is 2.93. The summed E-state index contributed by atoms with van der Waals surface area (Å²) in [6.45, 7) is 1.85. The van der Waals surface area contributed by atoms with E-state index in [4.69, 9.17) is 9.52 Å². The van der Waals surface area contributed by atoms with E-state index in [1.165, 1.54) is 6.07 Å². The number of carboxylic acids is 1. The highest BCUT2D eigenvalue weighted by Crippen LogP contribution is 2.22. The van der Waals surface area contributed by atoms with E-state index in [0.717, 1.165) is 5.76 Å². The molecule has 1 N–H and O–H groups in total. The van der Waals surface area contributed by atoms with Crippen molar-refractivity contribution in [3.63, 3.8) is 0 Å². The van der Waals surface area contributed by atoms with Gasteiger partial charge in [-0.15, -0.1) is 0 Å². The maximum atomic E-state index is 11.1. The molecule has 0 aliphatic carbocycles. The first kappa shape index (κ1) is 10.6. The lowest BCUT2D eigenvalue weighted by molar-refractivity contribution is 0.0698. The number of aryl methyl sites for hydroxylation is 1. The Morgan fingerprint density at radius 2 is 2.22 bits per heavy atom. The van der Waals surface area contributed by atoms with Gasteiger partial charge in [-0.05, 0) is 31.2 Å². The van der Waals surface area contributed by atoms with Gasteiger partial charge in [0.05, 0.1) is 0 Å². The maximum absolute atomic E-state index is 11.1. The van der Waals surface area contributed by atoms with Crippen molar-refractivity contribution < 1.29 is 14.3 Å². The van der Waals surface area contributed by atoms with Crippen molar-refractivity contribution in [2.45, 2.75) is 6.92 Å². The molecule has 0 aliphatic rings. The highest BCUT2D eigenvalue weighted by Gasteiger charge is 2.13. The summed E-state index contributed by atoms with van der Waals surface area (Å²) < 4.78 is 7.15. The van der Waals surface area contributed by atoms with Gasteiger partial charge in [0.1, 0.15) is 17.0 Å². The van der Waals surface area contributed by atoms with Crippen LogP contribution in [0.5, 0.6) is 0 Å². The maximum Gasteiger partial charge on any atom is 0.339 e. The number of pyridine rings is 1. The lowest BCUT2D eigenvalue weighted by atomic mass is 10.3. The van der Waals surface area contributed by atoms with Gasteiger partial charge < -0.3 is 13.9 Å². The second-order valence-corrected chi connectivity index (χ2v) is 3.99. The number of carbonyl (C=O) groups is 1. The highest BCUT2D eigenvalue weighted by molar-refractivity contribution is 5.94. The molecule has 0 radical (unpaired) electrons. The molecule has 3 aromatic heterocycles. The van der Waals surface area contributed by atoms with Crippen molar-refractivity contribution in [3.05, 3.63) is 48.0 Å². The van der Waals surface area contributed by atoms with Crippen LogP contribution >= 0.6 is 0 Å². The normalized spacial score (nSPS) is 10.9. The number of fused-ring (bicyclic) bond motifs is 1. The predicted molar refractivity (Wildman–Crippen MR) is 64.6 cm³/mol. The Labute approximate surface area is 102 Å². The van der Waals surface area contributed by atoms with Gasteiger partial charge in [0.2, 0.25) is 0 Å². The van der Waals surface area contributed by atoms with Gasteiger partial charge in [-0.2, -0.15) is 0 Å². The molecule has 0 amide bonds. The van der Waals surface area contributed by atoms with Gasteiger partial charge in [0, 0.05) is 12.4 Å². The Morgan fingerprint density at radius 1 is 1.39 bits per heavy atom. The Bertz CT molecular complexity index is 740. The number of nitrogens with zero attached hydrogens (tertiary/aromatic N) is 2. The smallest absolute Gasteiger partial charge is 0.339 e. The second-order valence-electron chi connectivity index (χ2n) is 3.99. The van der Waals surface area contributed by atoms with E-state index in [1.807, 2.05) is 19.1 Å². The molecule has 18 heavy (non-hydrogen) atoms. The molecular weight excluding hydrogens is 232 g/mol. The first-order chi connectivity index (χ1) is 8.65. The molecule has 0 fully saturated rings. The van der Waals surface area contributed by atoms with Crippen LogP contribution in [-0.4, -0.2) is 20.5 Å². The summed E-state index contributed by atoms with van der Waals surface area (Å²) in [6, 6.07) is 6.87. The fourth-order valence-corrected chi connectivity index (χ4v) is 1.87. The first-order valence-electron chi connectivity index (χ1n) is 5.43. The summed E-state index contributed by atoms with van der Waals surface area (Å²) in [7, 11) is 0. The van der Waals surface area contributed by atoms with Crippen LogP contribution in [0.25, 0.3) is 17.1 Å². The van der Waals surface area contributed by atoms with Crippen LogP contribution in [0, 0.1) is 6.92 Å². The summed E-state index contributed by atoms with van der Waals surface area (Å²) in [5.41, 5.74) is 1.21. The first-order valence-corrected chi connectivity index (χ1v) is 5.43. The number of carboxylic acid groups (broad SMARTS) is 1. The van der Waals surface area contributed by atoms with Crippen LogP contribution in [0.2, 0.25) is 0 Å². The van der Waals surface area contributed by atoms with E-state index < -0.39 is 5.97 Å². The number of furan rings is 1. The molecule has 5 heteroatoms. The number of aromatic nitrogens is 2. The number of imidazole rings is 1. The van der Waals surface area contributed by atoms with Gasteiger partial charge in [-0.1, -0.05) is 0 Å². The van der Waals surface area contributed by atoms with Crippen molar-refractivity contribution >= 4 is 11.6 Å². The molecule has 5 nitrogen and oxygen atoms in total. The van der Waals surface area contributed by atoms with Gasteiger partial charge >= 0.3 is 5.97 Å². The molecule has 0 aliphatic heterocycles. The van der Waals surface area contributed by atoms with Crippen molar-refractivity contribution in [3.8, 4) is 11.5 Å². The molecule has 0 aromatic carbocycles. The van der Waals surface area contributed by atoms with Crippen molar-refractivity contribution in [2.75, 3.05) is 0 Å². The third kappa shape index (κ3) is 1.57. The number of rotatable bonds is 2. The zero-order valence-electron chi connectivity index (χ0n) is 9.62. The monoisotopic (exact) mass is 242 g/mol. The molecule has 0 bridgehead atoms. The van der Waals surface area contributed by atoms with Crippen molar-refractivity contribution in [2.24, 2.45) is 0 Å². The van der Waals surface area contributed by atoms with E-state index in [-0.39, 0.29) is 5.56 Å². The number of hydrogen-bond donors (Lipinski definition) is 1. The van der Waals surface area contributed by atoms with Gasteiger partial charge in [-0.3, -0.25) is 0 Å². The molecule has 0 atom stereocenters. The lowest BCUT2D eigenvalue weighted by Crippen LogP contribution is -1.99. The summed E-state index contributed by atoms with van der Waals surface area (Å²) in [6.07, 6.45) is 3.51. The van der Waals surface area contributed by atoms with Gasteiger partial charge in [0.15, 0.2) is 11.4 Å². The fraction of sp³-hybridized carbons (Fsp3) is 0.0769. The zero-order valence-corrected chi connectivity index (χ0v) is 9.62. The minimum atomic E-state index is -0.992. The molecule has 0 unspecified atom stereocenters. The minimum Gasteiger partial charge on any atom is -0.478 e. The topological polar surface area (TPSA) is 67.7 Å². The Balaban J connectivity index is 2.22. The van der Waals surface area contributed by atoms with Crippen LogP contribution in [0.15, 0.2) is 41.1 Å². The van der Waals surface area contributed by atoms with Crippen LogP contribution in [0.3, 0.4) is 0 Å². The van der Waals surface area contributed by atoms with Crippen LogP contribution in [0.1, 0.15) is 16.1 Å². The second kappa shape index (κ2) is 3.73. The number of aromatic carboxylic acids is 1. The fourth-order valence-electron chi connectivity index (χ4n) is 1.87. The average molecular weight is 242 g/mol. The van der Waals surface area contributed by atoms with E-state index in [2.05, 4.69) is 4.98 Å². The predicted octanol–water partition coefficient (Wildman–Crippen LogP) is 2.60. The molecule has 90 valence electrons. The highest BCUT2D eigenvalue weighted by atomic mass is 16.4. The third-order valence-corrected chi connectivity index (χ3v) is 2.71. The lowest BCUT2D eigenvalue weighted by Gasteiger charge is -1.96. The van der Waals surface area contributed by atoms with E-state index in [0.29, 0.717) is 17.1 Å². The van der Waals surface area contributed by atoms with Gasteiger partial charge in [0.25, 0.3) is 0 Å². The molecular formula is C13H10N2O3. The van der Waals surface area contributed by atoms with E-state index in [1.54, 1.807) is 22.9 Å². The molecule has 0 spiro atoms. The van der Waals surface area contributed by atoms with Crippen LogP contribution in [0.4, 0.5) is 0 Å². The zero-order chi connectivity index (χ0) is 12.7. The summed E-state index contributed by atoms with van der Waals surface area (Å²) in [5, 5.41) is 9.09. The quantitative estimate of drug-likeness (QED) is 0.750. The molecule has 3 heterocycles. The Hall–Kier alpha value is -2.56. The Kier molecular flexibility index (Phi) is 2.19. The molecule has 0 saturated carbocycles. The minimum absolute atomic E-state index is 0.173. The van der Waals surface area contributed by atoms with Crippen molar-refractivity contribution in [1.29, 1.82) is 0 Å². The van der Waals surface area contributed by atoms with Crippen LogP contribution < -0.4 is 0 Å².